The number of hydrogen-bond donors (Lipinski definition) is 2. The number of imidazole rings is 1. The van der Waals surface area contributed by atoms with Crippen LogP contribution in [0.5, 0.6) is 0 Å². The van der Waals surface area contributed by atoms with Gasteiger partial charge in [0.25, 0.3) is 5.91 Å². The average Bonchev–Trinajstić information content (AvgIpc) is 3.16. The Morgan fingerprint density at radius 1 is 1.15 bits per heavy atom. The van der Waals surface area contributed by atoms with Crippen LogP contribution < -0.4 is 10.6 Å². The van der Waals surface area contributed by atoms with Crippen molar-refractivity contribution in [1.29, 1.82) is 0 Å². The van der Waals surface area contributed by atoms with Crippen LogP contribution in [0.15, 0.2) is 61.2 Å². The third-order valence-electron chi connectivity index (χ3n) is 4.00. The van der Waals surface area contributed by atoms with Gasteiger partial charge >= 0.3 is 0 Å². The second-order valence-corrected chi connectivity index (χ2v) is 6.09. The number of halogens is 1. The van der Waals surface area contributed by atoms with Gasteiger partial charge in [-0.05, 0) is 48.9 Å². The number of anilines is 2. The molecule has 1 heterocycles. The Bertz CT molecular complexity index is 954. The molecule has 2 aromatic carbocycles. The van der Waals surface area contributed by atoms with E-state index in [1.54, 1.807) is 49.9 Å². The molecule has 0 bridgehead atoms. The highest BCUT2D eigenvalue weighted by molar-refractivity contribution is 6.05. The summed E-state index contributed by atoms with van der Waals surface area (Å²) in [5.41, 5.74) is 2.10. The minimum Gasteiger partial charge on any atom is -0.337 e. The maximum atomic E-state index is 13.2. The van der Waals surface area contributed by atoms with Gasteiger partial charge in [0.15, 0.2) is 0 Å². The Hall–Kier alpha value is -3.48. The zero-order valence-corrected chi connectivity index (χ0v) is 14.8. The van der Waals surface area contributed by atoms with Gasteiger partial charge in [-0.25, -0.2) is 9.37 Å². The summed E-state index contributed by atoms with van der Waals surface area (Å²) in [4.78, 5) is 28.4. The number of hydrogen-bond acceptors (Lipinski definition) is 3. The van der Waals surface area contributed by atoms with E-state index >= 15 is 0 Å². The predicted molar refractivity (Wildman–Crippen MR) is 101 cm³/mol. The molecule has 2 amide bonds. The highest BCUT2D eigenvalue weighted by Gasteiger charge is 2.10. The van der Waals surface area contributed by atoms with Crippen molar-refractivity contribution in [1.82, 2.24) is 9.55 Å². The maximum Gasteiger partial charge on any atom is 0.255 e. The maximum absolute atomic E-state index is 13.2. The molecule has 138 valence electrons. The van der Waals surface area contributed by atoms with E-state index in [2.05, 4.69) is 15.6 Å². The largest absolute Gasteiger partial charge is 0.337 e. The van der Waals surface area contributed by atoms with Crippen molar-refractivity contribution >= 4 is 23.2 Å². The minimum atomic E-state index is -0.356. The summed E-state index contributed by atoms with van der Waals surface area (Å²) in [5.74, 6) is -0.847. The lowest BCUT2D eigenvalue weighted by molar-refractivity contribution is -0.116. The van der Waals surface area contributed by atoms with E-state index in [1.807, 2.05) is 4.57 Å². The topological polar surface area (TPSA) is 76.0 Å². The lowest BCUT2D eigenvalue weighted by atomic mass is 10.1. The third-order valence-corrected chi connectivity index (χ3v) is 4.00. The van der Waals surface area contributed by atoms with Gasteiger partial charge in [-0.1, -0.05) is 6.07 Å². The fourth-order valence-electron chi connectivity index (χ4n) is 2.57. The first-order valence-electron chi connectivity index (χ1n) is 8.44. The summed E-state index contributed by atoms with van der Waals surface area (Å²) in [6, 6.07) is 10.8. The van der Waals surface area contributed by atoms with Gasteiger partial charge in [-0.15, -0.1) is 0 Å². The second-order valence-electron chi connectivity index (χ2n) is 6.09. The Kier molecular flexibility index (Phi) is 5.61. The molecule has 6 nitrogen and oxygen atoms in total. The molecule has 7 heteroatoms. The summed E-state index contributed by atoms with van der Waals surface area (Å²) in [6.07, 6.45) is 5.38. The standard InChI is InChI=1S/C20H19FN4O2/c1-14-11-16(21)5-6-18(14)24-20(27)15-3-2-4-17(12-15)23-19(26)7-9-25-10-8-22-13-25/h2-6,8,10-13H,7,9H2,1H3,(H,23,26)(H,24,27). The molecule has 0 fully saturated rings. The average molecular weight is 366 g/mol. The molecule has 0 atom stereocenters. The number of carbonyl (C=O) groups excluding carboxylic acids is 2. The van der Waals surface area contributed by atoms with E-state index in [1.165, 1.54) is 18.2 Å². The highest BCUT2D eigenvalue weighted by atomic mass is 19.1. The molecule has 0 aliphatic rings. The number of nitrogens with one attached hydrogen (secondary N) is 2. The Morgan fingerprint density at radius 3 is 2.74 bits per heavy atom. The van der Waals surface area contributed by atoms with Crippen molar-refractivity contribution in [3.63, 3.8) is 0 Å². The van der Waals surface area contributed by atoms with Crippen LogP contribution in [0.1, 0.15) is 22.3 Å². The molecule has 0 unspecified atom stereocenters. The Balaban J connectivity index is 1.62. The quantitative estimate of drug-likeness (QED) is 0.700. The van der Waals surface area contributed by atoms with Crippen molar-refractivity contribution in [2.75, 3.05) is 10.6 Å². The smallest absolute Gasteiger partial charge is 0.255 e. The Morgan fingerprint density at radius 2 is 2.00 bits per heavy atom. The normalized spacial score (nSPS) is 10.4. The van der Waals surface area contributed by atoms with E-state index in [0.717, 1.165) is 0 Å². The van der Waals surface area contributed by atoms with Gasteiger partial charge in [0.2, 0.25) is 5.91 Å². The van der Waals surface area contributed by atoms with Crippen molar-refractivity contribution in [2.24, 2.45) is 0 Å². The number of aryl methyl sites for hydroxylation is 2. The molecule has 0 spiro atoms. The van der Waals surface area contributed by atoms with Gasteiger partial charge in [-0.3, -0.25) is 9.59 Å². The molecule has 0 aliphatic heterocycles. The van der Waals surface area contributed by atoms with Crippen molar-refractivity contribution < 1.29 is 14.0 Å². The van der Waals surface area contributed by atoms with E-state index in [-0.39, 0.29) is 17.6 Å². The highest BCUT2D eigenvalue weighted by Crippen LogP contribution is 2.18. The molecule has 0 aliphatic carbocycles. The van der Waals surface area contributed by atoms with E-state index in [4.69, 9.17) is 0 Å². The summed E-state index contributed by atoms with van der Waals surface area (Å²) in [7, 11) is 0. The second kappa shape index (κ2) is 8.27. The number of nitrogens with zero attached hydrogens (tertiary/aromatic N) is 2. The zero-order valence-electron chi connectivity index (χ0n) is 14.8. The molecule has 3 aromatic rings. The number of benzene rings is 2. The summed E-state index contributed by atoms with van der Waals surface area (Å²) in [6.45, 7) is 2.24. The summed E-state index contributed by atoms with van der Waals surface area (Å²) >= 11 is 0. The van der Waals surface area contributed by atoms with Crippen LogP contribution in [-0.4, -0.2) is 21.4 Å². The van der Waals surface area contributed by atoms with Gasteiger partial charge < -0.3 is 15.2 Å². The van der Waals surface area contributed by atoms with Crippen molar-refractivity contribution in [2.45, 2.75) is 19.9 Å². The monoisotopic (exact) mass is 366 g/mol. The summed E-state index contributed by atoms with van der Waals surface area (Å²) in [5, 5.41) is 5.53. The predicted octanol–water partition coefficient (Wildman–Crippen LogP) is 3.61. The molecular weight excluding hydrogens is 347 g/mol. The molecule has 27 heavy (non-hydrogen) atoms. The first-order chi connectivity index (χ1) is 13.0. The summed E-state index contributed by atoms with van der Waals surface area (Å²) < 4.78 is 15.0. The SMILES string of the molecule is Cc1cc(F)ccc1NC(=O)c1cccc(NC(=O)CCn2ccnc2)c1. The van der Waals surface area contributed by atoms with Gasteiger partial charge in [0.1, 0.15) is 5.82 Å². The van der Waals surface area contributed by atoms with Crippen LogP contribution in [0.2, 0.25) is 0 Å². The lowest BCUT2D eigenvalue weighted by Gasteiger charge is -2.10. The van der Waals surface area contributed by atoms with E-state index in [9.17, 15) is 14.0 Å². The third kappa shape index (κ3) is 5.01. The molecule has 1 aromatic heterocycles. The van der Waals surface area contributed by atoms with E-state index < -0.39 is 0 Å². The first kappa shape index (κ1) is 18.3. The fraction of sp³-hybridized carbons (Fsp3) is 0.150. The molecule has 2 N–H and O–H groups in total. The molecule has 0 radical (unpaired) electrons. The fourth-order valence-corrected chi connectivity index (χ4v) is 2.57. The van der Waals surface area contributed by atoms with Crippen LogP contribution in [0.25, 0.3) is 0 Å². The lowest BCUT2D eigenvalue weighted by Crippen LogP contribution is -2.16. The zero-order chi connectivity index (χ0) is 19.2. The Labute approximate surface area is 156 Å². The van der Waals surface area contributed by atoms with Crippen LogP contribution >= 0.6 is 0 Å². The molecular formula is C20H19FN4O2. The number of rotatable bonds is 6. The number of amides is 2. The van der Waals surface area contributed by atoms with Gasteiger partial charge in [-0.2, -0.15) is 0 Å². The van der Waals surface area contributed by atoms with Crippen LogP contribution in [0.3, 0.4) is 0 Å². The van der Waals surface area contributed by atoms with Crippen LogP contribution in [0, 0.1) is 12.7 Å². The van der Waals surface area contributed by atoms with Crippen molar-refractivity contribution in [3.05, 3.63) is 78.1 Å². The molecule has 0 saturated carbocycles. The number of carbonyl (C=O) groups is 2. The van der Waals surface area contributed by atoms with Gasteiger partial charge in [0.05, 0.1) is 6.33 Å². The van der Waals surface area contributed by atoms with Crippen molar-refractivity contribution in [3.8, 4) is 0 Å². The molecule has 0 saturated heterocycles. The van der Waals surface area contributed by atoms with Crippen LogP contribution in [0.4, 0.5) is 15.8 Å². The molecule has 3 rings (SSSR count). The number of aromatic nitrogens is 2. The first-order valence-corrected chi connectivity index (χ1v) is 8.44. The van der Waals surface area contributed by atoms with Gasteiger partial charge in [0, 0.05) is 42.3 Å². The van der Waals surface area contributed by atoms with E-state index in [0.29, 0.717) is 35.5 Å². The minimum absolute atomic E-state index is 0.157. The van der Waals surface area contributed by atoms with Crippen LogP contribution in [-0.2, 0) is 11.3 Å².